The first kappa shape index (κ1) is 32.5. The third kappa shape index (κ3) is 6.52. The van der Waals surface area contributed by atoms with Gasteiger partial charge >= 0.3 is 5.97 Å². The summed E-state index contributed by atoms with van der Waals surface area (Å²) in [6.45, 7) is 3.66. The molecule has 1 aliphatic carbocycles. The van der Waals surface area contributed by atoms with E-state index in [2.05, 4.69) is 29.9 Å². The maximum absolute atomic E-state index is 13.9. The number of benzene rings is 3. The molecule has 3 aromatic carbocycles. The molecule has 0 saturated heterocycles. The molecule has 1 fully saturated rings. The van der Waals surface area contributed by atoms with Crippen LogP contribution in [0.4, 0.5) is 0 Å². The number of fused-ring (bicyclic) bond motifs is 2. The molecule has 0 spiro atoms. The number of carbonyl (C=O) groups excluding carboxylic acids is 2. The number of hydrogen-bond acceptors (Lipinski definition) is 8. The molecule has 0 N–H and O–H groups in total. The van der Waals surface area contributed by atoms with Crippen molar-refractivity contribution in [2.24, 2.45) is 11.0 Å². The Hall–Kier alpha value is -4.02. The number of hydrazone groups is 1. The highest BCUT2D eigenvalue weighted by molar-refractivity contribution is 7.99. The molecule has 1 saturated carbocycles. The number of rotatable bonds is 7. The van der Waals surface area contributed by atoms with E-state index in [1.807, 2.05) is 60.7 Å². The fraction of sp³-hybridized carbons (Fsp3) is 0.216. The molecule has 0 radical (unpaired) electrons. The average molecular weight is 714 g/mol. The van der Waals surface area contributed by atoms with Gasteiger partial charge in [-0.2, -0.15) is 5.10 Å². The highest BCUT2D eigenvalue weighted by atomic mass is 35.5. The van der Waals surface area contributed by atoms with Crippen LogP contribution in [0.1, 0.15) is 57.2 Å². The number of hydrogen-bond donors (Lipinski definition) is 0. The third-order valence-corrected chi connectivity index (χ3v) is 11.4. The van der Waals surface area contributed by atoms with E-state index in [0.717, 1.165) is 62.5 Å². The van der Waals surface area contributed by atoms with Crippen molar-refractivity contribution in [2.45, 2.75) is 49.1 Å². The number of halogens is 2. The normalized spacial score (nSPS) is 18.2. The second-order valence-corrected chi connectivity index (χ2v) is 14.9. The van der Waals surface area contributed by atoms with E-state index in [1.54, 1.807) is 29.8 Å². The Labute approximate surface area is 296 Å². The lowest BCUT2D eigenvalue weighted by molar-refractivity contribution is -0.137. The third-order valence-electron chi connectivity index (χ3n) is 8.75. The Morgan fingerprint density at radius 2 is 1.73 bits per heavy atom. The predicted molar refractivity (Wildman–Crippen MR) is 193 cm³/mol. The number of nitrogens with zero attached hydrogens (tertiary/aromatic N) is 4. The van der Waals surface area contributed by atoms with Crippen LogP contribution in [0.15, 0.2) is 99.7 Å². The van der Waals surface area contributed by atoms with Crippen LogP contribution in [-0.4, -0.2) is 39.2 Å². The first-order valence-corrected chi connectivity index (χ1v) is 17.9. The van der Waals surface area contributed by atoms with Crippen LogP contribution in [0, 0.1) is 19.8 Å². The van der Waals surface area contributed by atoms with Crippen LogP contribution in [-0.2, 0) is 9.53 Å². The quantitative estimate of drug-likeness (QED) is 0.123. The van der Waals surface area contributed by atoms with Crippen LogP contribution < -0.4 is 0 Å². The zero-order valence-corrected chi connectivity index (χ0v) is 29.3. The van der Waals surface area contributed by atoms with Gasteiger partial charge in [-0.25, -0.2) is 19.8 Å². The second-order valence-electron chi connectivity index (χ2n) is 11.8. The van der Waals surface area contributed by atoms with Gasteiger partial charge in [-0.15, -0.1) is 11.3 Å². The van der Waals surface area contributed by atoms with E-state index in [0.29, 0.717) is 20.5 Å². The van der Waals surface area contributed by atoms with E-state index >= 15 is 0 Å². The summed E-state index contributed by atoms with van der Waals surface area (Å²) in [4.78, 5) is 39.1. The van der Waals surface area contributed by atoms with Crippen LogP contribution in [0.25, 0.3) is 16.3 Å². The zero-order chi connectivity index (χ0) is 33.4. The van der Waals surface area contributed by atoms with Gasteiger partial charge in [-0.05, 0) is 97.8 Å². The second kappa shape index (κ2) is 13.8. The highest BCUT2D eigenvalue weighted by Gasteiger charge is 2.44. The fourth-order valence-electron chi connectivity index (χ4n) is 6.29. The van der Waals surface area contributed by atoms with Gasteiger partial charge < -0.3 is 4.74 Å². The van der Waals surface area contributed by atoms with Gasteiger partial charge in [0, 0.05) is 31.1 Å². The van der Waals surface area contributed by atoms with Crippen LogP contribution in [0.3, 0.4) is 0 Å². The van der Waals surface area contributed by atoms with Gasteiger partial charge in [0.25, 0.3) is 5.91 Å². The molecule has 7 nitrogen and oxygen atoms in total. The predicted octanol–water partition coefficient (Wildman–Crippen LogP) is 9.75. The van der Waals surface area contributed by atoms with E-state index in [4.69, 9.17) is 33.0 Å². The molecular formula is C37H30Cl2N4O3S2. The van der Waals surface area contributed by atoms with Crippen molar-refractivity contribution in [3.8, 4) is 0 Å². The number of aromatic nitrogens is 2. The van der Waals surface area contributed by atoms with E-state index in [1.165, 1.54) is 21.6 Å². The van der Waals surface area contributed by atoms with Crippen molar-refractivity contribution in [1.29, 1.82) is 0 Å². The Morgan fingerprint density at radius 1 is 1.00 bits per heavy atom. The van der Waals surface area contributed by atoms with Gasteiger partial charge in [0.15, 0.2) is 6.61 Å². The molecule has 48 heavy (non-hydrogen) atoms. The number of carbonyl (C=O) groups is 2. The molecular weight excluding hydrogens is 683 g/mol. The van der Waals surface area contributed by atoms with Crippen molar-refractivity contribution in [3.05, 3.63) is 122 Å². The molecule has 11 heteroatoms. The van der Waals surface area contributed by atoms with E-state index in [9.17, 15) is 9.59 Å². The highest BCUT2D eigenvalue weighted by Crippen LogP contribution is 2.45. The van der Waals surface area contributed by atoms with Crippen molar-refractivity contribution in [2.75, 3.05) is 6.61 Å². The van der Waals surface area contributed by atoms with Crippen LogP contribution in [0.2, 0.25) is 10.0 Å². The van der Waals surface area contributed by atoms with Crippen LogP contribution in [0.5, 0.6) is 0 Å². The van der Waals surface area contributed by atoms with Gasteiger partial charge in [-0.3, -0.25) is 4.79 Å². The SMILES string of the molecule is Cc1sc2ncnc(Sc3ccccc3C(=O)OCC(=O)N3N=C4/C(=C\c5ccc(Cl)cc5)CCCC4C3c3ccc(Cl)cc3)c2c1C. The molecule has 2 unspecified atom stereocenters. The molecule has 242 valence electrons. The number of amides is 1. The summed E-state index contributed by atoms with van der Waals surface area (Å²) in [6.07, 6.45) is 6.34. The Morgan fingerprint density at radius 3 is 2.50 bits per heavy atom. The first-order valence-electron chi connectivity index (χ1n) is 15.5. The van der Waals surface area contributed by atoms with Crippen molar-refractivity contribution < 1.29 is 14.3 Å². The summed E-state index contributed by atoms with van der Waals surface area (Å²) < 4.78 is 5.69. The minimum Gasteiger partial charge on any atom is -0.452 e. The Kier molecular flexibility index (Phi) is 9.38. The van der Waals surface area contributed by atoms with Gasteiger partial charge in [0.05, 0.1) is 17.3 Å². The standard InChI is InChI=1S/C37H30Cl2N4O3S2/c1-21-22(2)47-35-32(21)36(41-20-40-35)48-30-9-4-3-7-28(30)37(45)46-19-31(44)43-34(24-12-16-27(39)17-13-24)29-8-5-6-25(33(29)42-43)18-23-10-14-26(38)15-11-23/h3-4,7,9-18,20,29,34H,5-6,8,19H2,1-2H3/b25-18-. The lowest BCUT2D eigenvalue weighted by atomic mass is 9.77. The molecule has 0 bridgehead atoms. The smallest absolute Gasteiger partial charge is 0.339 e. The van der Waals surface area contributed by atoms with E-state index in [-0.39, 0.29) is 12.0 Å². The van der Waals surface area contributed by atoms with Gasteiger partial charge in [-0.1, -0.05) is 71.4 Å². The maximum Gasteiger partial charge on any atom is 0.339 e. The monoisotopic (exact) mass is 712 g/mol. The average Bonchev–Trinajstić information content (AvgIpc) is 3.63. The maximum atomic E-state index is 13.9. The lowest BCUT2D eigenvalue weighted by Gasteiger charge is -2.29. The van der Waals surface area contributed by atoms with Crippen LogP contribution >= 0.6 is 46.3 Å². The summed E-state index contributed by atoms with van der Waals surface area (Å²) >= 11 is 15.4. The molecule has 3 heterocycles. The van der Waals surface area contributed by atoms with Crippen molar-refractivity contribution in [1.82, 2.24) is 15.0 Å². The summed E-state index contributed by atoms with van der Waals surface area (Å²) in [7, 11) is 0. The van der Waals surface area contributed by atoms with Gasteiger partial charge in [0.1, 0.15) is 16.2 Å². The molecule has 2 aliphatic rings. The topological polar surface area (TPSA) is 84.8 Å². The fourth-order valence-corrected chi connectivity index (χ4v) is 8.67. The summed E-state index contributed by atoms with van der Waals surface area (Å²) in [5.74, 6) is -1.00. The largest absolute Gasteiger partial charge is 0.452 e. The molecule has 2 atom stereocenters. The number of ether oxygens (including phenoxy) is 1. The summed E-state index contributed by atoms with van der Waals surface area (Å²) in [5, 5.41) is 9.44. The lowest BCUT2D eigenvalue weighted by Crippen LogP contribution is -2.34. The number of aryl methyl sites for hydroxylation is 2. The molecule has 2 aromatic heterocycles. The number of thiophene rings is 1. The minimum atomic E-state index is -0.592. The first-order chi connectivity index (χ1) is 23.3. The minimum absolute atomic E-state index is 0.0100. The molecule has 7 rings (SSSR count). The zero-order valence-electron chi connectivity index (χ0n) is 26.2. The molecule has 5 aromatic rings. The number of allylic oxidation sites excluding steroid dienone is 1. The summed E-state index contributed by atoms with van der Waals surface area (Å²) in [6, 6.07) is 22.0. The van der Waals surface area contributed by atoms with Gasteiger partial charge in [0.2, 0.25) is 0 Å². The van der Waals surface area contributed by atoms with Crippen molar-refractivity contribution >= 4 is 80.2 Å². The summed E-state index contributed by atoms with van der Waals surface area (Å²) in [5.41, 5.74) is 5.39. The molecule has 1 amide bonds. The number of esters is 1. The van der Waals surface area contributed by atoms with Crippen molar-refractivity contribution in [3.63, 3.8) is 0 Å². The molecule has 1 aliphatic heterocycles. The Balaban J connectivity index is 1.14. The Bertz CT molecular complexity index is 2090. The van der Waals surface area contributed by atoms with E-state index < -0.39 is 18.5 Å².